The first kappa shape index (κ1) is 11.0. The van der Waals surface area contributed by atoms with Gasteiger partial charge in [0.25, 0.3) is 0 Å². The highest BCUT2D eigenvalue weighted by molar-refractivity contribution is 5.31. The van der Waals surface area contributed by atoms with Crippen molar-refractivity contribution in [3.05, 3.63) is 23.9 Å². The lowest BCUT2D eigenvalue weighted by atomic mass is 10.1. The maximum Gasteiger partial charge on any atom is 0.123 e. The van der Waals surface area contributed by atoms with E-state index in [0.717, 1.165) is 12.0 Å². The first-order valence-electron chi connectivity index (χ1n) is 4.88. The summed E-state index contributed by atoms with van der Waals surface area (Å²) in [6.45, 7) is 6.86. The molecule has 0 aromatic carbocycles. The number of anilines is 1. The Labute approximate surface area is 85.3 Å². The number of nitrogens with zero attached hydrogens (tertiary/aromatic N) is 1. The summed E-state index contributed by atoms with van der Waals surface area (Å²) in [5, 5.41) is 0. The molecule has 0 amide bonds. The lowest BCUT2D eigenvalue weighted by Gasteiger charge is -2.23. The predicted molar refractivity (Wildman–Crippen MR) is 57.8 cm³/mol. The van der Waals surface area contributed by atoms with Gasteiger partial charge in [-0.05, 0) is 38.0 Å². The van der Waals surface area contributed by atoms with Crippen LogP contribution in [0.2, 0.25) is 0 Å². The number of hydrogen-bond donors (Lipinski definition) is 1. The van der Waals surface area contributed by atoms with E-state index in [1.54, 1.807) is 6.20 Å². The number of aromatic nitrogens is 1. The third-order valence-electron chi connectivity index (χ3n) is 2.33. The van der Waals surface area contributed by atoms with Crippen molar-refractivity contribution in [2.45, 2.75) is 39.4 Å². The van der Waals surface area contributed by atoms with Gasteiger partial charge in [0.1, 0.15) is 5.82 Å². The molecule has 14 heavy (non-hydrogen) atoms. The quantitative estimate of drug-likeness (QED) is 0.800. The van der Waals surface area contributed by atoms with Crippen molar-refractivity contribution in [2.75, 3.05) is 5.73 Å². The standard InChI is InChI=1S/C11H18N2O/c1-4-11(2,3)14-8-9-5-6-13-10(12)7-9/h5-7H,4,8H2,1-3H3,(H2,12,13). The minimum absolute atomic E-state index is 0.0714. The van der Waals surface area contributed by atoms with Crippen LogP contribution in [0.1, 0.15) is 32.8 Å². The van der Waals surface area contributed by atoms with Gasteiger partial charge in [-0.1, -0.05) is 6.92 Å². The molecule has 0 aliphatic heterocycles. The molecule has 0 saturated carbocycles. The molecule has 1 heterocycles. The molecule has 0 saturated heterocycles. The average molecular weight is 194 g/mol. The summed E-state index contributed by atoms with van der Waals surface area (Å²) in [7, 11) is 0. The lowest BCUT2D eigenvalue weighted by molar-refractivity contribution is -0.0316. The molecule has 0 aliphatic rings. The van der Waals surface area contributed by atoms with E-state index in [1.165, 1.54) is 0 Å². The zero-order valence-corrected chi connectivity index (χ0v) is 9.08. The highest BCUT2D eigenvalue weighted by Crippen LogP contribution is 2.16. The Hall–Kier alpha value is -1.09. The monoisotopic (exact) mass is 194 g/mol. The minimum atomic E-state index is -0.0714. The van der Waals surface area contributed by atoms with Crippen LogP contribution in [0.4, 0.5) is 5.82 Å². The van der Waals surface area contributed by atoms with Crippen LogP contribution in [0.25, 0.3) is 0 Å². The third-order valence-corrected chi connectivity index (χ3v) is 2.33. The predicted octanol–water partition coefficient (Wildman–Crippen LogP) is 2.37. The number of rotatable bonds is 4. The second-order valence-electron chi connectivity index (χ2n) is 3.99. The largest absolute Gasteiger partial charge is 0.384 e. The lowest BCUT2D eigenvalue weighted by Crippen LogP contribution is -2.22. The van der Waals surface area contributed by atoms with Crippen LogP contribution in [-0.4, -0.2) is 10.6 Å². The maximum atomic E-state index is 5.74. The van der Waals surface area contributed by atoms with Gasteiger partial charge < -0.3 is 10.5 Å². The first-order valence-corrected chi connectivity index (χ1v) is 4.88. The van der Waals surface area contributed by atoms with Gasteiger partial charge >= 0.3 is 0 Å². The fourth-order valence-electron chi connectivity index (χ4n) is 0.965. The molecule has 0 spiro atoms. The Morgan fingerprint density at radius 2 is 2.21 bits per heavy atom. The van der Waals surface area contributed by atoms with Crippen molar-refractivity contribution in [1.82, 2.24) is 4.98 Å². The number of pyridine rings is 1. The van der Waals surface area contributed by atoms with Gasteiger partial charge in [0.2, 0.25) is 0 Å². The Kier molecular flexibility index (Phi) is 3.47. The normalized spacial score (nSPS) is 11.6. The molecule has 0 aliphatic carbocycles. The first-order chi connectivity index (χ1) is 6.53. The molecule has 0 radical (unpaired) electrons. The number of nitrogens with two attached hydrogens (primary N) is 1. The SMILES string of the molecule is CCC(C)(C)OCc1ccnc(N)c1. The second-order valence-corrected chi connectivity index (χ2v) is 3.99. The van der Waals surface area contributed by atoms with E-state index in [9.17, 15) is 0 Å². The van der Waals surface area contributed by atoms with Crippen LogP contribution in [0.5, 0.6) is 0 Å². The van der Waals surface area contributed by atoms with Gasteiger partial charge in [-0.2, -0.15) is 0 Å². The van der Waals surface area contributed by atoms with Crippen molar-refractivity contribution >= 4 is 5.82 Å². The van der Waals surface area contributed by atoms with E-state index in [-0.39, 0.29) is 5.60 Å². The molecule has 78 valence electrons. The summed E-state index contributed by atoms with van der Waals surface area (Å²) < 4.78 is 5.74. The van der Waals surface area contributed by atoms with Gasteiger partial charge in [-0.25, -0.2) is 4.98 Å². The summed E-state index contributed by atoms with van der Waals surface area (Å²) in [6, 6.07) is 3.76. The van der Waals surface area contributed by atoms with Crippen LogP contribution in [0, 0.1) is 0 Å². The van der Waals surface area contributed by atoms with Gasteiger partial charge in [0, 0.05) is 6.20 Å². The van der Waals surface area contributed by atoms with E-state index in [0.29, 0.717) is 12.4 Å². The van der Waals surface area contributed by atoms with Crippen molar-refractivity contribution in [2.24, 2.45) is 0 Å². The molecule has 3 nitrogen and oxygen atoms in total. The van der Waals surface area contributed by atoms with E-state index >= 15 is 0 Å². The van der Waals surface area contributed by atoms with E-state index in [4.69, 9.17) is 10.5 Å². The Morgan fingerprint density at radius 3 is 2.79 bits per heavy atom. The molecule has 1 aromatic heterocycles. The number of hydrogen-bond acceptors (Lipinski definition) is 3. The van der Waals surface area contributed by atoms with Gasteiger partial charge in [-0.15, -0.1) is 0 Å². The van der Waals surface area contributed by atoms with E-state index < -0.39 is 0 Å². The summed E-state index contributed by atoms with van der Waals surface area (Å²) in [5.74, 6) is 0.542. The summed E-state index contributed by atoms with van der Waals surface area (Å²) in [5.41, 5.74) is 6.56. The average Bonchev–Trinajstić information content (AvgIpc) is 2.15. The van der Waals surface area contributed by atoms with Gasteiger partial charge in [0.15, 0.2) is 0 Å². The second kappa shape index (κ2) is 4.42. The third kappa shape index (κ3) is 3.34. The van der Waals surface area contributed by atoms with Crippen molar-refractivity contribution in [1.29, 1.82) is 0 Å². The zero-order chi connectivity index (χ0) is 10.6. The van der Waals surface area contributed by atoms with Gasteiger partial charge in [0.05, 0.1) is 12.2 Å². The Balaban J connectivity index is 2.54. The molecule has 0 fully saturated rings. The zero-order valence-electron chi connectivity index (χ0n) is 9.08. The van der Waals surface area contributed by atoms with E-state index in [1.807, 2.05) is 12.1 Å². The highest BCUT2D eigenvalue weighted by atomic mass is 16.5. The molecule has 0 bridgehead atoms. The van der Waals surface area contributed by atoms with Crippen LogP contribution >= 0.6 is 0 Å². The van der Waals surface area contributed by atoms with Crippen molar-refractivity contribution in [3.8, 4) is 0 Å². The molecule has 0 atom stereocenters. The fraction of sp³-hybridized carbons (Fsp3) is 0.545. The number of ether oxygens (including phenoxy) is 1. The highest BCUT2D eigenvalue weighted by Gasteiger charge is 2.14. The van der Waals surface area contributed by atoms with Crippen molar-refractivity contribution < 1.29 is 4.74 Å². The molecule has 1 rings (SSSR count). The van der Waals surface area contributed by atoms with E-state index in [2.05, 4.69) is 25.8 Å². The van der Waals surface area contributed by atoms with Crippen LogP contribution in [0.15, 0.2) is 18.3 Å². The molecular formula is C11H18N2O. The molecule has 3 heteroatoms. The fourth-order valence-corrected chi connectivity index (χ4v) is 0.965. The van der Waals surface area contributed by atoms with Crippen LogP contribution in [-0.2, 0) is 11.3 Å². The Morgan fingerprint density at radius 1 is 1.50 bits per heavy atom. The summed E-state index contributed by atoms with van der Waals surface area (Å²) >= 11 is 0. The topological polar surface area (TPSA) is 48.1 Å². The molecule has 2 N–H and O–H groups in total. The van der Waals surface area contributed by atoms with Crippen LogP contribution in [0.3, 0.4) is 0 Å². The number of nitrogen functional groups attached to an aromatic ring is 1. The molecule has 0 unspecified atom stereocenters. The molecular weight excluding hydrogens is 176 g/mol. The van der Waals surface area contributed by atoms with Crippen molar-refractivity contribution in [3.63, 3.8) is 0 Å². The summed E-state index contributed by atoms with van der Waals surface area (Å²) in [6.07, 6.45) is 2.69. The molecule has 1 aromatic rings. The Bertz CT molecular complexity index is 297. The summed E-state index contributed by atoms with van der Waals surface area (Å²) in [4.78, 5) is 3.93. The van der Waals surface area contributed by atoms with Crippen LogP contribution < -0.4 is 5.73 Å². The minimum Gasteiger partial charge on any atom is -0.384 e. The van der Waals surface area contributed by atoms with Gasteiger partial charge in [-0.3, -0.25) is 0 Å². The smallest absolute Gasteiger partial charge is 0.123 e. The maximum absolute atomic E-state index is 5.74.